The highest BCUT2D eigenvalue weighted by Crippen LogP contribution is 2.30. The molecule has 1 unspecified atom stereocenters. The lowest BCUT2D eigenvalue weighted by atomic mass is 10.2. The molecule has 0 radical (unpaired) electrons. The molecule has 3 rings (SSSR count). The first-order chi connectivity index (χ1) is 8.72. The van der Waals surface area contributed by atoms with Crippen LogP contribution in [0.2, 0.25) is 0 Å². The lowest BCUT2D eigenvalue weighted by Gasteiger charge is -2.16. The van der Waals surface area contributed by atoms with Crippen molar-refractivity contribution in [3.05, 3.63) is 34.1 Å². The number of rotatable bonds is 4. The van der Waals surface area contributed by atoms with E-state index in [1.54, 1.807) is 12.1 Å². The van der Waals surface area contributed by atoms with E-state index in [2.05, 4.69) is 26.1 Å². The molecular weight excluding hydrogens is 295 g/mol. The minimum Gasteiger partial charge on any atom is -0.309 e. The molecule has 4 heteroatoms. The average Bonchev–Trinajstić information content (AvgIpc) is 3.10. The average molecular weight is 313 g/mol. The van der Waals surface area contributed by atoms with Crippen molar-refractivity contribution in [2.75, 3.05) is 13.1 Å². The maximum Gasteiger partial charge on any atom is 0.123 e. The van der Waals surface area contributed by atoms with Crippen LogP contribution in [-0.2, 0) is 6.54 Å². The Morgan fingerprint density at radius 3 is 2.94 bits per heavy atom. The van der Waals surface area contributed by atoms with E-state index in [0.29, 0.717) is 6.04 Å². The summed E-state index contributed by atoms with van der Waals surface area (Å²) in [6.07, 6.45) is 3.97. The summed E-state index contributed by atoms with van der Waals surface area (Å²) >= 11 is 3.47. The van der Waals surface area contributed by atoms with E-state index >= 15 is 0 Å². The molecule has 1 aliphatic carbocycles. The predicted octanol–water partition coefficient (Wildman–Crippen LogP) is 2.91. The van der Waals surface area contributed by atoms with Gasteiger partial charge in [0.15, 0.2) is 0 Å². The van der Waals surface area contributed by atoms with Gasteiger partial charge in [-0.05, 0) is 43.0 Å². The van der Waals surface area contributed by atoms with E-state index in [0.717, 1.165) is 29.2 Å². The minimum absolute atomic E-state index is 0.166. The van der Waals surface area contributed by atoms with Crippen molar-refractivity contribution in [1.29, 1.82) is 0 Å². The Bertz CT molecular complexity index is 434. The molecule has 98 valence electrons. The summed E-state index contributed by atoms with van der Waals surface area (Å²) < 4.78 is 14.1. The Hall–Kier alpha value is -0.450. The van der Waals surface area contributed by atoms with Gasteiger partial charge in [-0.1, -0.05) is 15.9 Å². The van der Waals surface area contributed by atoms with Crippen LogP contribution in [0, 0.1) is 5.82 Å². The Labute approximate surface area is 116 Å². The molecule has 18 heavy (non-hydrogen) atoms. The van der Waals surface area contributed by atoms with Gasteiger partial charge >= 0.3 is 0 Å². The second-order valence-corrected chi connectivity index (χ2v) is 6.18. The quantitative estimate of drug-likeness (QED) is 0.919. The van der Waals surface area contributed by atoms with Crippen LogP contribution in [0.15, 0.2) is 22.7 Å². The fourth-order valence-electron chi connectivity index (χ4n) is 2.66. The molecule has 1 N–H and O–H groups in total. The summed E-state index contributed by atoms with van der Waals surface area (Å²) in [6.45, 7) is 3.10. The van der Waals surface area contributed by atoms with Gasteiger partial charge in [0.05, 0.1) is 0 Å². The first-order valence-corrected chi connectivity index (χ1v) is 7.43. The molecule has 0 aromatic heterocycles. The van der Waals surface area contributed by atoms with Crippen LogP contribution < -0.4 is 5.32 Å². The molecule has 1 aromatic carbocycles. The molecule has 2 aliphatic rings. The van der Waals surface area contributed by atoms with E-state index in [9.17, 15) is 4.39 Å². The fraction of sp³-hybridized carbons (Fsp3) is 0.571. The molecule has 1 atom stereocenters. The molecule has 1 saturated heterocycles. The molecule has 0 amide bonds. The van der Waals surface area contributed by atoms with Gasteiger partial charge in [-0.3, -0.25) is 4.90 Å². The van der Waals surface area contributed by atoms with E-state index in [1.807, 2.05) is 0 Å². The van der Waals surface area contributed by atoms with Crippen molar-refractivity contribution in [2.24, 2.45) is 0 Å². The van der Waals surface area contributed by atoms with Gasteiger partial charge in [0.25, 0.3) is 0 Å². The van der Waals surface area contributed by atoms with Gasteiger partial charge in [0, 0.05) is 36.2 Å². The Balaban J connectivity index is 1.53. The number of halogens is 2. The van der Waals surface area contributed by atoms with Gasteiger partial charge < -0.3 is 5.32 Å². The van der Waals surface area contributed by atoms with Crippen molar-refractivity contribution < 1.29 is 4.39 Å². The molecule has 0 bridgehead atoms. The largest absolute Gasteiger partial charge is 0.309 e. The molecule has 1 aliphatic heterocycles. The SMILES string of the molecule is Fc1ccc(Br)c(CNC2CCN(C3CC3)C2)c1. The zero-order valence-corrected chi connectivity index (χ0v) is 11.9. The summed E-state index contributed by atoms with van der Waals surface area (Å²) in [7, 11) is 0. The number of hydrogen-bond acceptors (Lipinski definition) is 2. The van der Waals surface area contributed by atoms with Gasteiger partial charge in [0.1, 0.15) is 5.82 Å². The van der Waals surface area contributed by atoms with Gasteiger partial charge in [-0.2, -0.15) is 0 Å². The molecule has 1 aromatic rings. The highest BCUT2D eigenvalue weighted by atomic mass is 79.9. The van der Waals surface area contributed by atoms with Crippen molar-refractivity contribution in [2.45, 2.75) is 37.9 Å². The van der Waals surface area contributed by atoms with Gasteiger partial charge in [0.2, 0.25) is 0 Å². The van der Waals surface area contributed by atoms with E-state index in [4.69, 9.17) is 0 Å². The third kappa shape index (κ3) is 2.92. The predicted molar refractivity (Wildman–Crippen MR) is 73.9 cm³/mol. The molecule has 2 fully saturated rings. The third-order valence-electron chi connectivity index (χ3n) is 3.87. The van der Waals surface area contributed by atoms with Gasteiger partial charge in [-0.25, -0.2) is 4.39 Å². The van der Waals surface area contributed by atoms with Crippen molar-refractivity contribution in [3.63, 3.8) is 0 Å². The topological polar surface area (TPSA) is 15.3 Å². The second-order valence-electron chi connectivity index (χ2n) is 5.33. The summed E-state index contributed by atoms with van der Waals surface area (Å²) in [6, 6.07) is 6.28. The maximum absolute atomic E-state index is 13.2. The van der Waals surface area contributed by atoms with Crippen LogP contribution >= 0.6 is 15.9 Å². The van der Waals surface area contributed by atoms with Gasteiger partial charge in [-0.15, -0.1) is 0 Å². The van der Waals surface area contributed by atoms with Crippen LogP contribution in [0.25, 0.3) is 0 Å². The number of likely N-dealkylation sites (tertiary alicyclic amines) is 1. The monoisotopic (exact) mass is 312 g/mol. The van der Waals surface area contributed by atoms with Crippen LogP contribution in [0.1, 0.15) is 24.8 Å². The third-order valence-corrected chi connectivity index (χ3v) is 4.65. The molecule has 2 nitrogen and oxygen atoms in total. The minimum atomic E-state index is -0.166. The van der Waals surface area contributed by atoms with E-state index < -0.39 is 0 Å². The molecular formula is C14H18BrFN2. The Morgan fingerprint density at radius 1 is 1.33 bits per heavy atom. The van der Waals surface area contributed by atoms with Crippen LogP contribution in [0.4, 0.5) is 4.39 Å². The van der Waals surface area contributed by atoms with Crippen LogP contribution in [0.3, 0.4) is 0 Å². The summed E-state index contributed by atoms with van der Waals surface area (Å²) in [5, 5.41) is 3.54. The Kier molecular flexibility index (Phi) is 3.68. The molecule has 1 saturated carbocycles. The van der Waals surface area contributed by atoms with Crippen molar-refractivity contribution in [3.8, 4) is 0 Å². The zero-order valence-electron chi connectivity index (χ0n) is 10.3. The highest BCUT2D eigenvalue weighted by Gasteiger charge is 2.34. The molecule has 1 heterocycles. The van der Waals surface area contributed by atoms with E-state index in [1.165, 1.54) is 31.9 Å². The maximum atomic E-state index is 13.2. The number of benzene rings is 1. The smallest absolute Gasteiger partial charge is 0.123 e. The number of nitrogens with zero attached hydrogens (tertiary/aromatic N) is 1. The van der Waals surface area contributed by atoms with Crippen molar-refractivity contribution >= 4 is 15.9 Å². The lowest BCUT2D eigenvalue weighted by Crippen LogP contribution is -2.33. The summed E-state index contributed by atoms with van der Waals surface area (Å²) in [5.74, 6) is -0.166. The van der Waals surface area contributed by atoms with Crippen LogP contribution in [-0.4, -0.2) is 30.1 Å². The standard InChI is InChI=1S/C14H18BrFN2/c15-14-4-1-11(16)7-10(14)8-17-12-5-6-18(9-12)13-2-3-13/h1,4,7,12-13,17H,2-3,5-6,8-9H2. The van der Waals surface area contributed by atoms with Crippen LogP contribution in [0.5, 0.6) is 0 Å². The zero-order chi connectivity index (χ0) is 12.5. The summed E-state index contributed by atoms with van der Waals surface area (Å²) in [5.41, 5.74) is 1.000. The highest BCUT2D eigenvalue weighted by molar-refractivity contribution is 9.10. The lowest BCUT2D eigenvalue weighted by molar-refractivity contribution is 0.317. The molecule has 0 spiro atoms. The number of hydrogen-bond donors (Lipinski definition) is 1. The van der Waals surface area contributed by atoms with E-state index in [-0.39, 0.29) is 5.82 Å². The Morgan fingerprint density at radius 2 is 2.17 bits per heavy atom. The first kappa shape index (κ1) is 12.6. The second kappa shape index (κ2) is 5.27. The number of nitrogens with one attached hydrogen (secondary N) is 1. The first-order valence-electron chi connectivity index (χ1n) is 6.64. The van der Waals surface area contributed by atoms with Crippen molar-refractivity contribution in [1.82, 2.24) is 10.2 Å². The normalized spacial score (nSPS) is 24.7. The fourth-order valence-corrected chi connectivity index (χ4v) is 3.05. The summed E-state index contributed by atoms with van der Waals surface area (Å²) in [4.78, 5) is 2.58.